The van der Waals surface area contributed by atoms with Crippen LogP contribution in [-0.2, 0) is 9.59 Å². The van der Waals surface area contributed by atoms with E-state index in [0.717, 1.165) is 24.7 Å². The first-order chi connectivity index (χ1) is 11.3. The Labute approximate surface area is 145 Å². The molecular weight excluding hydrogens is 296 g/mol. The maximum Gasteiger partial charge on any atom is 0.166 e. The summed E-state index contributed by atoms with van der Waals surface area (Å²) in [5, 5.41) is 0. The zero-order valence-electron chi connectivity index (χ0n) is 15.4. The molecule has 0 radical (unpaired) electrons. The molecule has 2 nitrogen and oxygen atoms in total. The fourth-order valence-electron chi connectivity index (χ4n) is 6.89. The van der Waals surface area contributed by atoms with Crippen LogP contribution < -0.4 is 0 Å². The van der Waals surface area contributed by atoms with Gasteiger partial charge in [0, 0.05) is 0 Å². The standard InChI is InChI=1S/C22H30O2/c1-13-5-8-18-16-7-6-15-11-20(24)17(14(2)23)12-22(15,4)19(16)9-10-21(13,18)3/h11,16-19H,1,5-10,12H2,2-4H3/t16?,17?,18?,19?,21-,22+/m1/s1. The normalized spacial score (nSPS) is 47.5. The van der Waals surface area contributed by atoms with E-state index in [1.165, 1.54) is 43.3 Å². The number of carbonyl (C=O) groups is 2. The first-order valence-electron chi connectivity index (χ1n) is 9.71. The van der Waals surface area contributed by atoms with Crippen LogP contribution >= 0.6 is 0 Å². The summed E-state index contributed by atoms with van der Waals surface area (Å²) in [6.45, 7) is 10.8. The van der Waals surface area contributed by atoms with E-state index in [9.17, 15) is 9.59 Å². The third kappa shape index (κ3) is 2.01. The maximum atomic E-state index is 12.4. The molecule has 0 spiro atoms. The Kier molecular flexibility index (Phi) is 3.50. The molecule has 0 aromatic heterocycles. The average Bonchev–Trinajstić information content (AvgIpc) is 2.83. The molecule has 0 bridgehead atoms. The lowest BCUT2D eigenvalue weighted by atomic mass is 9.46. The summed E-state index contributed by atoms with van der Waals surface area (Å²) in [7, 11) is 0. The van der Waals surface area contributed by atoms with Gasteiger partial charge in [0.05, 0.1) is 5.92 Å². The minimum Gasteiger partial charge on any atom is -0.299 e. The third-order valence-electron chi connectivity index (χ3n) is 8.47. The van der Waals surface area contributed by atoms with Crippen LogP contribution in [0.2, 0.25) is 0 Å². The van der Waals surface area contributed by atoms with Gasteiger partial charge in [-0.15, -0.1) is 0 Å². The van der Waals surface area contributed by atoms with Crippen LogP contribution in [0, 0.1) is 34.5 Å². The summed E-state index contributed by atoms with van der Waals surface area (Å²) in [5.74, 6) is 1.85. The molecule has 2 heteroatoms. The Hall–Kier alpha value is -1.18. The minimum absolute atomic E-state index is 0.0496. The molecule has 0 amide bonds. The van der Waals surface area contributed by atoms with Crippen molar-refractivity contribution in [3.05, 3.63) is 23.8 Å². The van der Waals surface area contributed by atoms with Crippen molar-refractivity contribution in [1.82, 2.24) is 0 Å². The quantitative estimate of drug-likeness (QED) is 0.508. The second-order valence-corrected chi connectivity index (χ2v) is 9.37. The van der Waals surface area contributed by atoms with Crippen molar-refractivity contribution in [3.63, 3.8) is 0 Å². The number of allylic oxidation sites excluding steroid dienone is 2. The van der Waals surface area contributed by atoms with E-state index in [2.05, 4.69) is 20.4 Å². The molecule has 24 heavy (non-hydrogen) atoms. The zero-order valence-corrected chi connectivity index (χ0v) is 15.4. The van der Waals surface area contributed by atoms with Crippen LogP contribution in [0.5, 0.6) is 0 Å². The van der Waals surface area contributed by atoms with Crippen molar-refractivity contribution in [2.45, 2.75) is 65.7 Å². The van der Waals surface area contributed by atoms with E-state index in [4.69, 9.17) is 0 Å². The first-order valence-corrected chi connectivity index (χ1v) is 9.71. The molecular formula is C22H30O2. The van der Waals surface area contributed by atoms with Gasteiger partial charge in [-0.2, -0.15) is 0 Å². The fourth-order valence-corrected chi connectivity index (χ4v) is 6.89. The molecule has 4 aliphatic carbocycles. The predicted molar refractivity (Wildman–Crippen MR) is 95.4 cm³/mol. The van der Waals surface area contributed by atoms with Gasteiger partial charge in [0.2, 0.25) is 0 Å². The van der Waals surface area contributed by atoms with E-state index in [-0.39, 0.29) is 17.0 Å². The van der Waals surface area contributed by atoms with Crippen molar-refractivity contribution < 1.29 is 9.59 Å². The van der Waals surface area contributed by atoms with Gasteiger partial charge in [-0.05, 0) is 86.5 Å². The predicted octanol–water partition coefficient (Wildman–Crippen LogP) is 4.89. The van der Waals surface area contributed by atoms with Crippen molar-refractivity contribution in [2.75, 3.05) is 0 Å². The van der Waals surface area contributed by atoms with E-state index in [0.29, 0.717) is 11.3 Å². The van der Waals surface area contributed by atoms with Gasteiger partial charge in [-0.3, -0.25) is 9.59 Å². The van der Waals surface area contributed by atoms with Crippen LogP contribution in [0.25, 0.3) is 0 Å². The molecule has 4 aliphatic rings. The molecule has 0 saturated heterocycles. The van der Waals surface area contributed by atoms with Gasteiger partial charge in [-0.25, -0.2) is 0 Å². The van der Waals surface area contributed by atoms with Crippen molar-refractivity contribution in [3.8, 4) is 0 Å². The number of fused-ring (bicyclic) bond motifs is 5. The summed E-state index contributed by atoms with van der Waals surface area (Å²) >= 11 is 0. The second-order valence-electron chi connectivity index (χ2n) is 9.37. The summed E-state index contributed by atoms with van der Waals surface area (Å²) in [4.78, 5) is 24.4. The first kappa shape index (κ1) is 16.3. The minimum atomic E-state index is -0.399. The maximum absolute atomic E-state index is 12.4. The van der Waals surface area contributed by atoms with Gasteiger partial charge in [-0.1, -0.05) is 31.6 Å². The lowest BCUT2D eigenvalue weighted by Crippen LogP contribution is -2.51. The number of carbonyl (C=O) groups excluding carboxylic acids is 2. The van der Waals surface area contributed by atoms with E-state index in [1.54, 1.807) is 6.92 Å². The van der Waals surface area contributed by atoms with E-state index < -0.39 is 5.92 Å². The number of Topliss-reactive ketones (excluding diaryl/α,β-unsaturated/α-hetero) is 1. The van der Waals surface area contributed by atoms with Crippen molar-refractivity contribution in [1.29, 1.82) is 0 Å². The molecule has 3 fully saturated rings. The molecule has 130 valence electrons. The average molecular weight is 326 g/mol. The van der Waals surface area contributed by atoms with Crippen LogP contribution in [0.1, 0.15) is 65.7 Å². The SMILES string of the molecule is C=C1CCC2C3CCC4=CC(=O)C(C(C)=O)C[C@]4(C)C3CC[C@]12C. The highest BCUT2D eigenvalue weighted by Crippen LogP contribution is 2.66. The van der Waals surface area contributed by atoms with Crippen LogP contribution in [0.4, 0.5) is 0 Å². The Bertz CT molecular complexity index is 657. The Morgan fingerprint density at radius 1 is 1.12 bits per heavy atom. The molecule has 0 N–H and O–H groups in total. The topological polar surface area (TPSA) is 34.1 Å². The highest BCUT2D eigenvalue weighted by molar-refractivity contribution is 6.08. The number of rotatable bonds is 1. The lowest BCUT2D eigenvalue weighted by Gasteiger charge is -2.58. The molecule has 6 atom stereocenters. The Morgan fingerprint density at radius 2 is 1.83 bits per heavy atom. The number of ketones is 2. The summed E-state index contributed by atoms with van der Waals surface area (Å²) in [6, 6.07) is 0. The summed E-state index contributed by atoms with van der Waals surface area (Å²) in [5.41, 5.74) is 3.20. The molecule has 3 saturated carbocycles. The summed E-state index contributed by atoms with van der Waals surface area (Å²) < 4.78 is 0. The summed E-state index contributed by atoms with van der Waals surface area (Å²) in [6.07, 6.45) is 9.82. The number of hydrogen-bond donors (Lipinski definition) is 0. The molecule has 0 heterocycles. The third-order valence-corrected chi connectivity index (χ3v) is 8.47. The van der Waals surface area contributed by atoms with Gasteiger partial charge in [0.15, 0.2) is 5.78 Å². The van der Waals surface area contributed by atoms with Gasteiger partial charge in [0.25, 0.3) is 0 Å². The zero-order chi connectivity index (χ0) is 17.3. The molecule has 0 aromatic carbocycles. The van der Waals surface area contributed by atoms with Crippen LogP contribution in [0.15, 0.2) is 23.8 Å². The second kappa shape index (κ2) is 5.16. The number of hydrogen-bond acceptors (Lipinski definition) is 2. The van der Waals surface area contributed by atoms with E-state index in [1.807, 2.05) is 6.08 Å². The monoisotopic (exact) mass is 326 g/mol. The highest BCUT2D eigenvalue weighted by atomic mass is 16.1. The van der Waals surface area contributed by atoms with Crippen LogP contribution in [0.3, 0.4) is 0 Å². The Balaban J connectivity index is 1.71. The smallest absolute Gasteiger partial charge is 0.166 e. The van der Waals surface area contributed by atoms with Crippen LogP contribution in [-0.4, -0.2) is 11.6 Å². The molecule has 4 unspecified atom stereocenters. The highest BCUT2D eigenvalue weighted by Gasteiger charge is 2.58. The van der Waals surface area contributed by atoms with Crippen molar-refractivity contribution in [2.24, 2.45) is 34.5 Å². The molecule has 4 rings (SSSR count). The molecule has 0 aromatic rings. The largest absolute Gasteiger partial charge is 0.299 e. The van der Waals surface area contributed by atoms with Gasteiger partial charge in [0.1, 0.15) is 5.78 Å². The van der Waals surface area contributed by atoms with Crippen molar-refractivity contribution >= 4 is 11.6 Å². The van der Waals surface area contributed by atoms with Gasteiger partial charge >= 0.3 is 0 Å². The van der Waals surface area contributed by atoms with Gasteiger partial charge < -0.3 is 0 Å². The molecule has 0 aliphatic heterocycles. The van der Waals surface area contributed by atoms with E-state index >= 15 is 0 Å². The Morgan fingerprint density at radius 3 is 2.54 bits per heavy atom. The lowest BCUT2D eigenvalue weighted by molar-refractivity contribution is -0.133. The fraction of sp³-hybridized carbons (Fsp3) is 0.727.